The first-order valence-electron chi connectivity index (χ1n) is 6.46. The third-order valence-electron chi connectivity index (χ3n) is 2.71. The van der Waals surface area contributed by atoms with Gasteiger partial charge in [-0.15, -0.1) is 11.3 Å². The van der Waals surface area contributed by atoms with Crippen LogP contribution in [-0.2, 0) is 16.6 Å². The topological polar surface area (TPSA) is 58.2 Å². The van der Waals surface area contributed by atoms with E-state index in [1.54, 1.807) is 6.07 Å². The summed E-state index contributed by atoms with van der Waals surface area (Å²) < 4.78 is 39.9. The van der Waals surface area contributed by atoms with E-state index in [9.17, 15) is 12.8 Å². The molecule has 1 aromatic carbocycles. The lowest BCUT2D eigenvalue weighted by molar-refractivity contribution is 0.589. The molecule has 114 valence electrons. The number of nitrogens with one attached hydrogen (secondary N) is 2. The van der Waals surface area contributed by atoms with Gasteiger partial charge in [-0.3, -0.25) is 4.72 Å². The Balaban J connectivity index is 2.10. The molecule has 0 aliphatic rings. The molecule has 2 aromatic rings. The summed E-state index contributed by atoms with van der Waals surface area (Å²) in [5, 5.41) is 5.05. The van der Waals surface area contributed by atoms with Crippen molar-refractivity contribution in [2.24, 2.45) is 0 Å². The van der Waals surface area contributed by atoms with Gasteiger partial charge in [0.25, 0.3) is 10.0 Å². The summed E-state index contributed by atoms with van der Waals surface area (Å²) >= 11 is 1.17. The molecule has 0 aliphatic heterocycles. The minimum atomic E-state index is -3.63. The van der Waals surface area contributed by atoms with Crippen LogP contribution < -0.4 is 10.0 Å². The van der Waals surface area contributed by atoms with Crippen molar-refractivity contribution in [3.05, 3.63) is 47.1 Å². The van der Waals surface area contributed by atoms with Crippen molar-refractivity contribution >= 4 is 27.0 Å². The average molecular weight is 328 g/mol. The first-order chi connectivity index (χ1) is 9.87. The van der Waals surface area contributed by atoms with Crippen LogP contribution in [0.4, 0.5) is 10.1 Å². The highest BCUT2D eigenvalue weighted by molar-refractivity contribution is 7.94. The molecule has 0 radical (unpaired) electrons. The Morgan fingerprint density at radius 2 is 1.90 bits per heavy atom. The van der Waals surface area contributed by atoms with Gasteiger partial charge < -0.3 is 5.32 Å². The molecule has 0 atom stereocenters. The summed E-state index contributed by atoms with van der Waals surface area (Å²) in [7, 11) is -3.63. The molecule has 0 spiro atoms. The van der Waals surface area contributed by atoms with Gasteiger partial charge in [0.05, 0.1) is 0 Å². The van der Waals surface area contributed by atoms with Crippen LogP contribution >= 0.6 is 11.3 Å². The van der Waals surface area contributed by atoms with Gasteiger partial charge in [-0.25, -0.2) is 12.8 Å². The van der Waals surface area contributed by atoms with Crippen LogP contribution in [0.15, 0.2) is 39.9 Å². The van der Waals surface area contributed by atoms with Gasteiger partial charge >= 0.3 is 0 Å². The quantitative estimate of drug-likeness (QED) is 0.856. The predicted molar refractivity (Wildman–Crippen MR) is 83.5 cm³/mol. The smallest absolute Gasteiger partial charge is 0.271 e. The molecule has 0 aliphatic carbocycles. The van der Waals surface area contributed by atoms with E-state index in [1.807, 2.05) is 19.2 Å². The van der Waals surface area contributed by atoms with Crippen LogP contribution in [0.25, 0.3) is 0 Å². The summed E-state index contributed by atoms with van der Waals surface area (Å²) in [5.41, 5.74) is 1.26. The first-order valence-corrected chi connectivity index (χ1v) is 8.82. The van der Waals surface area contributed by atoms with Gasteiger partial charge in [0.1, 0.15) is 10.0 Å². The number of sulfonamides is 1. The number of anilines is 1. The Hall–Kier alpha value is -1.44. The zero-order chi connectivity index (χ0) is 15.5. The number of hydrogen-bond donors (Lipinski definition) is 2. The standard InChI is InChI=1S/C14H17FN2O2S2/c1-10(2)16-8-11-7-14(20-9-11)21(18,19)17-13-5-3-12(15)4-6-13/h3-7,9-10,16-17H,8H2,1-2H3. The summed E-state index contributed by atoms with van der Waals surface area (Å²) in [6.45, 7) is 4.68. The van der Waals surface area contributed by atoms with Gasteiger partial charge in [0.15, 0.2) is 0 Å². The molecule has 2 rings (SSSR count). The molecule has 4 nitrogen and oxygen atoms in total. The molecule has 1 aromatic heterocycles. The van der Waals surface area contributed by atoms with Crippen molar-refractivity contribution in [2.45, 2.75) is 30.6 Å². The summed E-state index contributed by atoms with van der Waals surface area (Å²) in [5.74, 6) is -0.406. The van der Waals surface area contributed by atoms with Crippen molar-refractivity contribution in [2.75, 3.05) is 4.72 Å². The lowest BCUT2D eigenvalue weighted by Crippen LogP contribution is -2.21. The van der Waals surface area contributed by atoms with Crippen molar-refractivity contribution < 1.29 is 12.8 Å². The number of halogens is 1. The fourth-order valence-corrected chi connectivity index (χ4v) is 3.90. The van der Waals surface area contributed by atoms with Crippen LogP contribution in [0.1, 0.15) is 19.4 Å². The van der Waals surface area contributed by atoms with Gasteiger partial charge in [0, 0.05) is 18.3 Å². The summed E-state index contributed by atoms with van der Waals surface area (Å²) in [4.78, 5) is 0. The van der Waals surface area contributed by atoms with E-state index < -0.39 is 15.8 Å². The van der Waals surface area contributed by atoms with Crippen molar-refractivity contribution in [1.82, 2.24) is 5.32 Å². The van der Waals surface area contributed by atoms with E-state index in [-0.39, 0.29) is 4.21 Å². The minimum Gasteiger partial charge on any atom is -0.310 e. The lowest BCUT2D eigenvalue weighted by atomic mass is 10.3. The highest BCUT2D eigenvalue weighted by Gasteiger charge is 2.17. The second-order valence-corrected chi connectivity index (χ2v) is 7.74. The predicted octanol–water partition coefficient (Wildman–Crippen LogP) is 3.19. The van der Waals surface area contributed by atoms with Crippen molar-refractivity contribution in [1.29, 1.82) is 0 Å². The number of benzene rings is 1. The molecule has 2 N–H and O–H groups in total. The van der Waals surface area contributed by atoms with Gasteiger partial charge in [0.2, 0.25) is 0 Å². The Labute approximate surface area is 128 Å². The number of rotatable bonds is 6. The van der Waals surface area contributed by atoms with E-state index in [4.69, 9.17) is 0 Å². The van der Waals surface area contributed by atoms with Crippen LogP contribution in [0.5, 0.6) is 0 Å². The molecule has 0 fully saturated rings. The first kappa shape index (κ1) is 15.9. The fourth-order valence-electron chi connectivity index (χ4n) is 1.63. The fraction of sp³-hybridized carbons (Fsp3) is 0.286. The van der Waals surface area contributed by atoms with E-state index in [1.165, 1.54) is 35.6 Å². The molecule has 1 heterocycles. The molecular formula is C14H17FN2O2S2. The third kappa shape index (κ3) is 4.52. The Kier molecular flexibility index (Phi) is 4.97. The second kappa shape index (κ2) is 6.55. The zero-order valence-electron chi connectivity index (χ0n) is 11.8. The lowest BCUT2D eigenvalue weighted by Gasteiger charge is -2.06. The maximum absolute atomic E-state index is 12.8. The molecular weight excluding hydrogens is 311 g/mol. The third-order valence-corrected chi connectivity index (χ3v) is 5.58. The van der Waals surface area contributed by atoms with Crippen LogP contribution in [0, 0.1) is 5.82 Å². The molecule has 0 saturated carbocycles. The molecule has 0 unspecified atom stereocenters. The van der Waals surface area contributed by atoms with Gasteiger partial charge in [-0.1, -0.05) is 13.8 Å². The van der Waals surface area contributed by atoms with Gasteiger partial charge in [-0.05, 0) is 41.3 Å². The van der Waals surface area contributed by atoms with E-state index in [2.05, 4.69) is 10.0 Å². The summed E-state index contributed by atoms with van der Waals surface area (Å²) in [6.07, 6.45) is 0. The minimum absolute atomic E-state index is 0.243. The zero-order valence-corrected chi connectivity index (χ0v) is 13.4. The van der Waals surface area contributed by atoms with Crippen molar-refractivity contribution in [3.63, 3.8) is 0 Å². The Morgan fingerprint density at radius 3 is 2.52 bits per heavy atom. The van der Waals surface area contributed by atoms with E-state index >= 15 is 0 Å². The average Bonchev–Trinajstić information content (AvgIpc) is 2.88. The largest absolute Gasteiger partial charge is 0.310 e. The Morgan fingerprint density at radius 1 is 1.24 bits per heavy atom. The van der Waals surface area contributed by atoms with E-state index in [0.29, 0.717) is 18.3 Å². The molecule has 0 amide bonds. The molecule has 0 bridgehead atoms. The molecule has 21 heavy (non-hydrogen) atoms. The Bertz CT molecular complexity index is 694. The normalized spacial score (nSPS) is 11.8. The summed E-state index contributed by atoms with van der Waals surface area (Å²) in [6, 6.07) is 7.19. The second-order valence-electron chi connectivity index (χ2n) is 4.92. The number of thiophene rings is 1. The van der Waals surface area contributed by atoms with Gasteiger partial charge in [-0.2, -0.15) is 0 Å². The van der Waals surface area contributed by atoms with Crippen LogP contribution in [0.3, 0.4) is 0 Å². The van der Waals surface area contributed by atoms with Crippen LogP contribution in [0.2, 0.25) is 0 Å². The van der Waals surface area contributed by atoms with Crippen LogP contribution in [-0.4, -0.2) is 14.5 Å². The maximum Gasteiger partial charge on any atom is 0.271 e. The van der Waals surface area contributed by atoms with Crippen molar-refractivity contribution in [3.8, 4) is 0 Å². The molecule has 0 saturated heterocycles. The SMILES string of the molecule is CC(C)NCc1csc(S(=O)(=O)Nc2ccc(F)cc2)c1. The maximum atomic E-state index is 12.8. The highest BCUT2D eigenvalue weighted by Crippen LogP contribution is 2.23. The van der Waals surface area contributed by atoms with E-state index in [0.717, 1.165) is 5.56 Å². The highest BCUT2D eigenvalue weighted by atomic mass is 32.2. The monoisotopic (exact) mass is 328 g/mol. The molecule has 7 heteroatoms. The number of hydrogen-bond acceptors (Lipinski definition) is 4.